The second-order valence-electron chi connectivity index (χ2n) is 6.15. The van der Waals surface area contributed by atoms with Crippen LogP contribution in [0.15, 0.2) is 72.8 Å². The molecule has 0 heterocycles. The van der Waals surface area contributed by atoms with E-state index in [1.54, 1.807) is 13.2 Å². The van der Waals surface area contributed by atoms with Gasteiger partial charge >= 0.3 is 0 Å². The summed E-state index contributed by atoms with van der Waals surface area (Å²) in [5.41, 5.74) is 4.33. The number of ether oxygens (including phenoxy) is 1. The highest BCUT2D eigenvalue weighted by molar-refractivity contribution is 7.80. The Bertz CT molecular complexity index is 931. The van der Waals surface area contributed by atoms with E-state index in [-0.39, 0.29) is 6.04 Å². The van der Waals surface area contributed by atoms with Gasteiger partial charge in [0.2, 0.25) is 0 Å². The molecule has 0 radical (unpaired) electrons. The molecule has 0 saturated heterocycles. The van der Waals surface area contributed by atoms with Gasteiger partial charge in [-0.1, -0.05) is 66.2 Å². The summed E-state index contributed by atoms with van der Waals surface area (Å²) >= 11 is 11.8. The number of aryl methyl sites for hydroxylation is 1. The summed E-state index contributed by atoms with van der Waals surface area (Å²) in [6.07, 6.45) is 0. The first-order chi connectivity index (χ1) is 13.1. The molecule has 0 aliphatic carbocycles. The first kappa shape index (κ1) is 19.2. The van der Waals surface area contributed by atoms with Crippen molar-refractivity contribution in [2.45, 2.75) is 13.0 Å². The summed E-state index contributed by atoms with van der Waals surface area (Å²) in [6, 6.07) is 24.0. The molecule has 0 unspecified atom stereocenters. The maximum Gasteiger partial charge on any atom is 0.171 e. The first-order valence-corrected chi connectivity index (χ1v) is 9.38. The molecular weight excluding hydrogens is 376 g/mol. The molecule has 3 aromatic rings. The van der Waals surface area contributed by atoms with Crippen LogP contribution in [0, 0.1) is 6.92 Å². The highest BCUT2D eigenvalue weighted by atomic mass is 35.5. The van der Waals surface area contributed by atoms with Gasteiger partial charge in [0.05, 0.1) is 18.2 Å². The first-order valence-electron chi connectivity index (χ1n) is 8.60. The Balaban J connectivity index is 1.83. The second kappa shape index (κ2) is 8.89. The summed E-state index contributed by atoms with van der Waals surface area (Å²) in [5.74, 6) is 0.628. The van der Waals surface area contributed by atoms with Gasteiger partial charge in [0.25, 0.3) is 0 Å². The average molecular weight is 397 g/mol. The minimum Gasteiger partial charge on any atom is -0.495 e. The summed E-state index contributed by atoms with van der Waals surface area (Å²) in [4.78, 5) is 0. The van der Waals surface area contributed by atoms with Gasteiger partial charge in [0.1, 0.15) is 5.75 Å². The lowest BCUT2D eigenvalue weighted by molar-refractivity contribution is 0.415. The molecule has 3 rings (SSSR count). The zero-order valence-corrected chi connectivity index (χ0v) is 16.8. The van der Waals surface area contributed by atoms with Crippen LogP contribution in [0.2, 0.25) is 5.02 Å². The predicted octanol–water partition coefficient (Wildman–Crippen LogP) is 5.73. The van der Waals surface area contributed by atoms with Crippen molar-refractivity contribution in [1.29, 1.82) is 0 Å². The van der Waals surface area contributed by atoms with Crippen LogP contribution in [0.25, 0.3) is 0 Å². The Morgan fingerprint density at radius 2 is 1.70 bits per heavy atom. The van der Waals surface area contributed by atoms with E-state index in [2.05, 4.69) is 41.8 Å². The van der Waals surface area contributed by atoms with Crippen LogP contribution in [0.5, 0.6) is 5.75 Å². The fraction of sp³-hybridized carbons (Fsp3) is 0.136. The summed E-state index contributed by atoms with van der Waals surface area (Å²) < 4.78 is 5.19. The van der Waals surface area contributed by atoms with Gasteiger partial charge < -0.3 is 15.4 Å². The number of thiocarbonyl (C=S) groups is 1. The van der Waals surface area contributed by atoms with E-state index in [1.165, 1.54) is 11.1 Å². The smallest absolute Gasteiger partial charge is 0.171 e. The quantitative estimate of drug-likeness (QED) is 0.539. The third-order valence-corrected chi connectivity index (χ3v) is 4.83. The van der Waals surface area contributed by atoms with E-state index < -0.39 is 0 Å². The van der Waals surface area contributed by atoms with Crippen LogP contribution in [0.3, 0.4) is 0 Å². The normalized spacial score (nSPS) is 11.5. The molecule has 3 nitrogen and oxygen atoms in total. The number of anilines is 1. The lowest BCUT2D eigenvalue weighted by Crippen LogP contribution is -2.33. The third kappa shape index (κ3) is 4.79. The van der Waals surface area contributed by atoms with Gasteiger partial charge in [-0.3, -0.25) is 0 Å². The van der Waals surface area contributed by atoms with Crippen molar-refractivity contribution in [2.75, 3.05) is 12.4 Å². The zero-order valence-electron chi connectivity index (χ0n) is 15.2. The van der Waals surface area contributed by atoms with Crippen molar-refractivity contribution in [3.05, 3.63) is 94.5 Å². The summed E-state index contributed by atoms with van der Waals surface area (Å²) in [7, 11) is 1.59. The van der Waals surface area contributed by atoms with Gasteiger partial charge in [0.15, 0.2) is 5.11 Å². The minimum atomic E-state index is -0.0545. The summed E-state index contributed by atoms with van der Waals surface area (Å²) in [6.45, 7) is 2.10. The largest absolute Gasteiger partial charge is 0.495 e. The van der Waals surface area contributed by atoms with Crippen molar-refractivity contribution in [3.63, 3.8) is 0 Å². The van der Waals surface area contributed by atoms with E-state index in [4.69, 9.17) is 28.6 Å². The highest BCUT2D eigenvalue weighted by Gasteiger charge is 2.17. The molecule has 0 fully saturated rings. The van der Waals surface area contributed by atoms with Gasteiger partial charge in [0, 0.05) is 5.69 Å². The highest BCUT2D eigenvalue weighted by Crippen LogP contribution is 2.28. The molecule has 2 N–H and O–H groups in total. The Morgan fingerprint density at radius 3 is 2.37 bits per heavy atom. The number of benzene rings is 3. The monoisotopic (exact) mass is 396 g/mol. The van der Waals surface area contributed by atoms with Crippen molar-refractivity contribution >= 4 is 34.6 Å². The van der Waals surface area contributed by atoms with Gasteiger partial charge in [-0.15, -0.1) is 0 Å². The van der Waals surface area contributed by atoms with Crippen LogP contribution < -0.4 is 15.4 Å². The van der Waals surface area contributed by atoms with Crippen LogP contribution in [0.1, 0.15) is 22.7 Å². The molecule has 138 valence electrons. The fourth-order valence-corrected chi connectivity index (χ4v) is 3.43. The van der Waals surface area contributed by atoms with Crippen molar-refractivity contribution in [1.82, 2.24) is 5.32 Å². The molecule has 5 heteroatoms. The standard InChI is InChI=1S/C22H21ClN2OS/c1-15-8-6-7-11-18(15)21(16-9-4-3-5-10-16)25-22(27)24-17-12-13-20(26-2)19(23)14-17/h3-14,21H,1-2H3,(H2,24,25,27)/t21-/m1/s1. The molecule has 0 saturated carbocycles. The number of rotatable bonds is 5. The average Bonchev–Trinajstić information content (AvgIpc) is 2.68. The number of methoxy groups -OCH3 is 1. The van der Waals surface area contributed by atoms with Gasteiger partial charge in [-0.25, -0.2) is 0 Å². The van der Waals surface area contributed by atoms with Crippen LogP contribution in [-0.2, 0) is 0 Å². The molecule has 0 aliphatic rings. The Labute approximate surface area is 170 Å². The maximum atomic E-state index is 6.20. The molecule has 0 amide bonds. The van der Waals surface area contributed by atoms with E-state index >= 15 is 0 Å². The number of halogens is 1. The fourth-order valence-electron chi connectivity index (χ4n) is 2.94. The molecular formula is C22H21ClN2OS. The molecule has 0 aromatic heterocycles. The third-order valence-electron chi connectivity index (χ3n) is 4.32. The molecule has 0 bridgehead atoms. The van der Waals surface area contributed by atoms with Crippen LogP contribution in [0.4, 0.5) is 5.69 Å². The minimum absolute atomic E-state index is 0.0545. The molecule has 0 spiro atoms. The van der Waals surface area contributed by atoms with E-state index in [0.717, 1.165) is 11.3 Å². The van der Waals surface area contributed by atoms with Gasteiger partial charge in [-0.05, 0) is 54.0 Å². The lowest BCUT2D eigenvalue weighted by Gasteiger charge is -2.23. The molecule has 0 aliphatic heterocycles. The Morgan fingerprint density at radius 1 is 1.00 bits per heavy atom. The van der Waals surface area contributed by atoms with Crippen molar-refractivity contribution in [2.24, 2.45) is 0 Å². The van der Waals surface area contributed by atoms with Crippen LogP contribution >= 0.6 is 23.8 Å². The molecule has 27 heavy (non-hydrogen) atoms. The molecule has 3 aromatic carbocycles. The lowest BCUT2D eigenvalue weighted by atomic mass is 9.95. The maximum absolute atomic E-state index is 6.20. The van der Waals surface area contributed by atoms with Crippen molar-refractivity contribution in [3.8, 4) is 5.75 Å². The SMILES string of the molecule is COc1ccc(NC(=S)N[C@H](c2ccccc2)c2ccccc2C)cc1Cl. The van der Waals surface area contributed by atoms with E-state index in [0.29, 0.717) is 15.9 Å². The topological polar surface area (TPSA) is 33.3 Å². The van der Waals surface area contributed by atoms with Crippen LogP contribution in [-0.4, -0.2) is 12.2 Å². The Hall–Kier alpha value is -2.56. The number of hydrogen-bond donors (Lipinski definition) is 2. The van der Waals surface area contributed by atoms with Crippen molar-refractivity contribution < 1.29 is 4.74 Å². The van der Waals surface area contributed by atoms with Gasteiger partial charge in [-0.2, -0.15) is 0 Å². The number of nitrogens with one attached hydrogen (secondary N) is 2. The zero-order chi connectivity index (χ0) is 19.2. The van der Waals surface area contributed by atoms with E-state index in [1.807, 2.05) is 42.5 Å². The molecule has 1 atom stereocenters. The Kier molecular flexibility index (Phi) is 6.32. The second-order valence-corrected chi connectivity index (χ2v) is 6.96. The number of hydrogen-bond acceptors (Lipinski definition) is 2. The summed E-state index contributed by atoms with van der Waals surface area (Å²) in [5, 5.41) is 7.69. The predicted molar refractivity (Wildman–Crippen MR) is 117 cm³/mol. The van der Waals surface area contributed by atoms with E-state index in [9.17, 15) is 0 Å².